The highest BCUT2D eigenvalue weighted by Crippen LogP contribution is 2.35. The Morgan fingerprint density at radius 1 is 1.20 bits per heavy atom. The van der Waals surface area contributed by atoms with Crippen molar-refractivity contribution < 1.29 is 9.53 Å². The number of para-hydroxylation sites is 1. The molecule has 0 aromatic heterocycles. The quantitative estimate of drug-likeness (QED) is 0.919. The number of carbonyl (C=O) groups is 1. The van der Waals surface area contributed by atoms with E-state index >= 15 is 0 Å². The molecule has 1 saturated heterocycles. The van der Waals surface area contributed by atoms with Crippen molar-refractivity contribution in [3.05, 3.63) is 64.7 Å². The Balaban J connectivity index is 1.74. The minimum Gasteiger partial charge on any atom is -0.376 e. The number of aryl methyl sites for hydroxylation is 2. The molecule has 2 heterocycles. The van der Waals surface area contributed by atoms with Crippen molar-refractivity contribution in [1.29, 1.82) is 0 Å². The van der Waals surface area contributed by atoms with Crippen LogP contribution in [0.2, 0.25) is 0 Å². The molecule has 1 fully saturated rings. The van der Waals surface area contributed by atoms with Gasteiger partial charge in [-0.2, -0.15) is 0 Å². The highest BCUT2D eigenvalue weighted by atomic mass is 16.5. The zero-order chi connectivity index (χ0) is 17.4. The molecule has 0 bridgehead atoms. The fourth-order valence-corrected chi connectivity index (χ4v) is 3.87. The summed E-state index contributed by atoms with van der Waals surface area (Å²) in [6, 6.07) is 14.2. The summed E-state index contributed by atoms with van der Waals surface area (Å²) in [5.41, 5.74) is 5.21. The fraction of sp³-hybridized carbons (Fsp3) is 0.381. The molecule has 1 amide bonds. The van der Waals surface area contributed by atoms with Gasteiger partial charge in [0.05, 0.1) is 11.7 Å². The Kier molecular flexibility index (Phi) is 4.22. The molecule has 0 unspecified atom stereocenters. The van der Waals surface area contributed by atoms with Crippen LogP contribution in [0.3, 0.4) is 0 Å². The fourth-order valence-electron chi connectivity index (χ4n) is 3.87. The Hall–Kier alpha value is -2.33. The summed E-state index contributed by atoms with van der Waals surface area (Å²) < 4.78 is 5.80. The number of carbonyl (C=O) groups excluding carboxylic acids is 1. The summed E-state index contributed by atoms with van der Waals surface area (Å²) in [7, 11) is 0. The van der Waals surface area contributed by atoms with Crippen molar-refractivity contribution >= 4 is 11.6 Å². The molecule has 2 aliphatic rings. The third-order valence-corrected chi connectivity index (χ3v) is 5.17. The Morgan fingerprint density at radius 3 is 2.80 bits per heavy atom. The molecule has 130 valence electrons. The summed E-state index contributed by atoms with van der Waals surface area (Å²) in [4.78, 5) is 15.1. The van der Waals surface area contributed by atoms with Gasteiger partial charge in [0.15, 0.2) is 0 Å². The van der Waals surface area contributed by atoms with Crippen molar-refractivity contribution in [2.75, 3.05) is 18.5 Å². The monoisotopic (exact) mass is 336 g/mol. The van der Waals surface area contributed by atoms with Gasteiger partial charge in [-0.05, 0) is 49.9 Å². The van der Waals surface area contributed by atoms with Crippen LogP contribution in [0.15, 0.2) is 42.5 Å². The molecular formula is C21H24N2O2. The van der Waals surface area contributed by atoms with Gasteiger partial charge in [-0.3, -0.25) is 4.79 Å². The second-order valence-electron chi connectivity index (χ2n) is 7.05. The molecule has 2 aromatic carbocycles. The van der Waals surface area contributed by atoms with E-state index < -0.39 is 0 Å². The van der Waals surface area contributed by atoms with Gasteiger partial charge in [-0.1, -0.05) is 35.9 Å². The molecule has 1 N–H and O–H groups in total. The number of amides is 1. The maximum absolute atomic E-state index is 13.2. The zero-order valence-corrected chi connectivity index (χ0v) is 14.8. The molecule has 0 spiro atoms. The third-order valence-electron chi connectivity index (χ3n) is 5.17. The van der Waals surface area contributed by atoms with Crippen molar-refractivity contribution in [2.45, 2.75) is 39.0 Å². The van der Waals surface area contributed by atoms with Gasteiger partial charge < -0.3 is 15.0 Å². The van der Waals surface area contributed by atoms with E-state index in [-0.39, 0.29) is 18.2 Å². The van der Waals surface area contributed by atoms with Gasteiger partial charge in [-0.15, -0.1) is 0 Å². The van der Waals surface area contributed by atoms with E-state index in [0.717, 1.165) is 36.3 Å². The largest absolute Gasteiger partial charge is 0.376 e. The summed E-state index contributed by atoms with van der Waals surface area (Å²) in [5, 5.41) is 3.58. The molecule has 4 rings (SSSR count). The maximum Gasteiger partial charge on any atom is 0.257 e. The molecule has 4 nitrogen and oxygen atoms in total. The molecule has 0 saturated carbocycles. The molecule has 2 aromatic rings. The lowest BCUT2D eigenvalue weighted by atomic mass is 9.98. The van der Waals surface area contributed by atoms with Gasteiger partial charge >= 0.3 is 0 Å². The first-order valence-corrected chi connectivity index (χ1v) is 8.99. The predicted molar refractivity (Wildman–Crippen MR) is 98.7 cm³/mol. The van der Waals surface area contributed by atoms with Crippen LogP contribution in [0.5, 0.6) is 0 Å². The van der Waals surface area contributed by atoms with Crippen LogP contribution in [-0.4, -0.2) is 30.1 Å². The first-order valence-electron chi connectivity index (χ1n) is 8.99. The van der Waals surface area contributed by atoms with Gasteiger partial charge in [0.25, 0.3) is 5.91 Å². The Morgan fingerprint density at radius 2 is 2.04 bits per heavy atom. The highest BCUT2D eigenvalue weighted by Gasteiger charge is 2.35. The average Bonchev–Trinajstić information content (AvgIpc) is 3.11. The lowest BCUT2D eigenvalue weighted by Crippen LogP contribution is -2.46. The van der Waals surface area contributed by atoms with Crippen LogP contribution in [0.1, 0.15) is 46.1 Å². The molecule has 0 aliphatic carbocycles. The van der Waals surface area contributed by atoms with Crippen LogP contribution < -0.4 is 5.32 Å². The topological polar surface area (TPSA) is 41.6 Å². The summed E-state index contributed by atoms with van der Waals surface area (Å²) in [6.07, 6.45) is 2.06. The number of nitrogens with one attached hydrogen (secondary N) is 1. The first kappa shape index (κ1) is 16.2. The molecule has 2 aliphatic heterocycles. The number of hydrogen-bond acceptors (Lipinski definition) is 3. The summed E-state index contributed by atoms with van der Waals surface area (Å²) in [5.74, 6) is 0.0785. The van der Waals surface area contributed by atoms with Crippen LogP contribution >= 0.6 is 0 Å². The van der Waals surface area contributed by atoms with E-state index in [1.165, 1.54) is 11.1 Å². The normalized spacial score (nSPS) is 22.6. The number of anilines is 1. The van der Waals surface area contributed by atoms with Crippen molar-refractivity contribution in [1.82, 2.24) is 4.90 Å². The summed E-state index contributed by atoms with van der Waals surface area (Å²) >= 11 is 0. The van der Waals surface area contributed by atoms with Crippen LogP contribution in [-0.2, 0) is 4.74 Å². The van der Waals surface area contributed by atoms with Crippen LogP contribution in [0.25, 0.3) is 0 Å². The number of fused-ring (bicyclic) bond motifs is 1. The van der Waals surface area contributed by atoms with E-state index in [1.54, 1.807) is 0 Å². The molecule has 4 heteroatoms. The lowest BCUT2D eigenvalue weighted by molar-refractivity contribution is 0.0426. The number of benzene rings is 2. The van der Waals surface area contributed by atoms with Crippen molar-refractivity contribution in [3.8, 4) is 0 Å². The van der Waals surface area contributed by atoms with E-state index in [1.807, 2.05) is 29.2 Å². The van der Waals surface area contributed by atoms with E-state index in [2.05, 4.69) is 37.4 Å². The van der Waals surface area contributed by atoms with Crippen molar-refractivity contribution in [2.24, 2.45) is 0 Å². The SMILES string of the molecule is Cc1ccc([C@@H]2Nc3ccccc3C(=O)N2C[C@H]2CCCO2)c(C)c1. The predicted octanol–water partition coefficient (Wildman–Crippen LogP) is 4.05. The van der Waals surface area contributed by atoms with Gasteiger partial charge in [0.1, 0.15) is 6.17 Å². The smallest absolute Gasteiger partial charge is 0.257 e. The van der Waals surface area contributed by atoms with E-state index in [4.69, 9.17) is 4.74 Å². The zero-order valence-electron chi connectivity index (χ0n) is 14.8. The first-order chi connectivity index (χ1) is 12.1. The van der Waals surface area contributed by atoms with E-state index in [0.29, 0.717) is 6.54 Å². The highest BCUT2D eigenvalue weighted by molar-refractivity contribution is 6.01. The van der Waals surface area contributed by atoms with Gasteiger partial charge in [0.2, 0.25) is 0 Å². The van der Waals surface area contributed by atoms with Gasteiger partial charge in [-0.25, -0.2) is 0 Å². The number of nitrogens with zero attached hydrogens (tertiary/aromatic N) is 1. The Bertz CT molecular complexity index is 796. The van der Waals surface area contributed by atoms with Crippen LogP contribution in [0, 0.1) is 13.8 Å². The molecule has 0 radical (unpaired) electrons. The minimum absolute atomic E-state index is 0.0785. The molecular weight excluding hydrogens is 312 g/mol. The number of rotatable bonds is 3. The number of hydrogen-bond donors (Lipinski definition) is 1. The van der Waals surface area contributed by atoms with Gasteiger partial charge in [0, 0.05) is 18.8 Å². The average molecular weight is 336 g/mol. The minimum atomic E-state index is -0.160. The molecule has 2 atom stereocenters. The summed E-state index contributed by atoms with van der Waals surface area (Å²) in [6.45, 7) is 5.62. The van der Waals surface area contributed by atoms with E-state index in [9.17, 15) is 4.79 Å². The lowest BCUT2D eigenvalue weighted by Gasteiger charge is -2.39. The van der Waals surface area contributed by atoms with Crippen molar-refractivity contribution in [3.63, 3.8) is 0 Å². The number of ether oxygens (including phenoxy) is 1. The standard InChI is InChI=1S/C21H24N2O2/c1-14-9-10-17(15(2)12-14)20-22-19-8-4-3-7-18(19)21(24)23(20)13-16-6-5-11-25-16/h3-4,7-10,12,16,20,22H,5-6,11,13H2,1-2H3/t16-,20-/m1/s1. The second kappa shape index (κ2) is 6.52. The second-order valence-corrected chi connectivity index (χ2v) is 7.05. The van der Waals surface area contributed by atoms with Crippen LogP contribution in [0.4, 0.5) is 5.69 Å². The molecule has 25 heavy (non-hydrogen) atoms. The third kappa shape index (κ3) is 3.02. The Labute approximate surface area is 148 Å². The maximum atomic E-state index is 13.2.